The molecule has 1 heterocycles. The number of halogens is 1. The van der Waals surface area contributed by atoms with Gasteiger partial charge in [0.15, 0.2) is 5.43 Å². The zero-order chi connectivity index (χ0) is 15.6. The van der Waals surface area contributed by atoms with Crippen LogP contribution in [-0.2, 0) is 17.8 Å². The van der Waals surface area contributed by atoms with Crippen LogP contribution >= 0.6 is 0 Å². The number of pyridine rings is 1. The van der Waals surface area contributed by atoms with Crippen molar-refractivity contribution in [1.29, 1.82) is 0 Å². The highest BCUT2D eigenvalue weighted by Crippen LogP contribution is 2.15. The van der Waals surface area contributed by atoms with Crippen molar-refractivity contribution in [2.45, 2.75) is 13.0 Å². The Labute approximate surface area is 121 Å². The number of hydrogen-bond donors (Lipinski definition) is 1. The summed E-state index contributed by atoms with van der Waals surface area (Å²) in [4.78, 5) is 25.0. The van der Waals surface area contributed by atoms with Gasteiger partial charge in [0.2, 0.25) is 0 Å². The van der Waals surface area contributed by atoms with E-state index in [1.54, 1.807) is 4.57 Å². The van der Waals surface area contributed by atoms with Gasteiger partial charge in [-0.1, -0.05) is 0 Å². The highest BCUT2D eigenvalue weighted by molar-refractivity contribution is 5.80. The largest absolute Gasteiger partial charge is 0.481 e. The Morgan fingerprint density at radius 2 is 2.05 bits per heavy atom. The summed E-state index contributed by atoms with van der Waals surface area (Å²) in [6, 6.07) is 5.27. The summed E-state index contributed by atoms with van der Waals surface area (Å²) in [5.41, 5.74) is 0.524. The number of aliphatic carboxylic acids is 1. The van der Waals surface area contributed by atoms with Gasteiger partial charge in [0, 0.05) is 30.2 Å². The van der Waals surface area contributed by atoms with Gasteiger partial charge in [-0.05, 0) is 32.3 Å². The maximum atomic E-state index is 13.5. The molecule has 0 amide bonds. The second-order valence-corrected chi connectivity index (χ2v) is 5.19. The molecule has 6 heteroatoms. The molecular formula is C15H17FN2O3. The van der Waals surface area contributed by atoms with Crippen molar-refractivity contribution in [1.82, 2.24) is 9.47 Å². The lowest BCUT2D eigenvalue weighted by atomic mass is 10.1. The van der Waals surface area contributed by atoms with Crippen LogP contribution in [0.4, 0.5) is 4.39 Å². The maximum Gasteiger partial charge on any atom is 0.309 e. The minimum atomic E-state index is -1.02. The van der Waals surface area contributed by atoms with E-state index in [4.69, 9.17) is 5.11 Å². The normalized spacial score (nSPS) is 11.2. The molecule has 2 rings (SSSR count). The summed E-state index contributed by atoms with van der Waals surface area (Å²) in [5.74, 6) is -1.48. The van der Waals surface area contributed by atoms with Crippen LogP contribution in [0.5, 0.6) is 0 Å². The molecule has 0 fully saturated rings. The van der Waals surface area contributed by atoms with Crippen molar-refractivity contribution in [2.24, 2.45) is 0 Å². The number of carbonyl (C=O) groups is 1. The number of carboxylic acids is 1. The van der Waals surface area contributed by atoms with Gasteiger partial charge < -0.3 is 14.6 Å². The molecule has 0 spiro atoms. The predicted octanol–water partition coefficient (Wildman–Crippen LogP) is 1.33. The first-order chi connectivity index (χ1) is 9.88. The fourth-order valence-electron chi connectivity index (χ4n) is 2.26. The molecular weight excluding hydrogens is 275 g/mol. The van der Waals surface area contributed by atoms with Gasteiger partial charge in [-0.15, -0.1) is 0 Å². The van der Waals surface area contributed by atoms with Crippen molar-refractivity contribution in [3.8, 4) is 0 Å². The van der Waals surface area contributed by atoms with Gasteiger partial charge in [0.25, 0.3) is 0 Å². The molecule has 0 aliphatic carbocycles. The van der Waals surface area contributed by atoms with Crippen molar-refractivity contribution >= 4 is 16.9 Å². The second kappa shape index (κ2) is 6.05. The molecule has 0 bridgehead atoms. The predicted molar refractivity (Wildman–Crippen MR) is 78.1 cm³/mol. The van der Waals surface area contributed by atoms with Gasteiger partial charge in [-0.25, -0.2) is 4.39 Å². The molecule has 0 saturated carbocycles. The van der Waals surface area contributed by atoms with Crippen LogP contribution in [0.3, 0.4) is 0 Å². The molecule has 0 atom stereocenters. The fourth-order valence-corrected chi connectivity index (χ4v) is 2.26. The summed E-state index contributed by atoms with van der Waals surface area (Å²) in [7, 11) is 3.78. The Morgan fingerprint density at radius 1 is 1.33 bits per heavy atom. The molecule has 112 valence electrons. The third kappa shape index (κ3) is 3.46. The van der Waals surface area contributed by atoms with Crippen molar-refractivity contribution in [3.63, 3.8) is 0 Å². The Morgan fingerprint density at radius 3 is 2.67 bits per heavy atom. The Kier molecular flexibility index (Phi) is 4.37. The molecule has 2 aromatic rings. The number of likely N-dealkylation sites (N-methyl/N-ethyl adjacent to an activating group) is 1. The quantitative estimate of drug-likeness (QED) is 0.903. The average molecular weight is 292 g/mol. The van der Waals surface area contributed by atoms with E-state index in [0.717, 1.165) is 0 Å². The second-order valence-electron chi connectivity index (χ2n) is 5.19. The van der Waals surface area contributed by atoms with Gasteiger partial charge in [-0.3, -0.25) is 9.59 Å². The van der Waals surface area contributed by atoms with Crippen LogP contribution in [-0.4, -0.2) is 41.2 Å². The number of hydrogen-bond acceptors (Lipinski definition) is 3. The van der Waals surface area contributed by atoms with Gasteiger partial charge in [-0.2, -0.15) is 0 Å². The van der Waals surface area contributed by atoms with Crippen LogP contribution < -0.4 is 5.43 Å². The third-order valence-corrected chi connectivity index (χ3v) is 3.26. The molecule has 1 N–H and O–H groups in total. The lowest BCUT2D eigenvalue weighted by molar-refractivity contribution is -0.136. The van der Waals surface area contributed by atoms with E-state index in [2.05, 4.69) is 0 Å². The molecule has 1 aromatic carbocycles. The standard InChI is InChI=1S/C15H17FN2O3/c1-17(2)5-6-18-11(9-15(20)21)8-14(19)12-4-3-10(16)7-13(12)18/h3-4,7-8H,5-6,9H2,1-2H3,(H,20,21). The van der Waals surface area contributed by atoms with Crippen LogP contribution in [0, 0.1) is 5.82 Å². The highest BCUT2D eigenvalue weighted by Gasteiger charge is 2.12. The SMILES string of the molecule is CN(C)CCn1c(CC(=O)O)cc(=O)c2ccc(F)cc21. The zero-order valence-electron chi connectivity index (χ0n) is 12.0. The number of aromatic nitrogens is 1. The number of rotatable bonds is 5. The molecule has 5 nitrogen and oxygen atoms in total. The van der Waals surface area contributed by atoms with E-state index in [9.17, 15) is 14.0 Å². The molecule has 0 aliphatic heterocycles. The first kappa shape index (κ1) is 15.2. The van der Waals surface area contributed by atoms with Gasteiger partial charge in [0.1, 0.15) is 5.82 Å². The maximum absolute atomic E-state index is 13.5. The summed E-state index contributed by atoms with van der Waals surface area (Å²) in [5, 5.41) is 9.38. The lowest BCUT2D eigenvalue weighted by Gasteiger charge is -2.18. The summed E-state index contributed by atoms with van der Waals surface area (Å²) >= 11 is 0. The minimum absolute atomic E-state index is 0.269. The monoisotopic (exact) mass is 292 g/mol. The number of fused-ring (bicyclic) bond motifs is 1. The van der Waals surface area contributed by atoms with Crippen LogP contribution in [0.1, 0.15) is 5.69 Å². The zero-order valence-corrected chi connectivity index (χ0v) is 12.0. The number of benzene rings is 1. The van der Waals surface area contributed by atoms with E-state index in [-0.39, 0.29) is 11.8 Å². The van der Waals surface area contributed by atoms with E-state index in [1.165, 1.54) is 24.3 Å². The Balaban J connectivity index is 2.66. The topological polar surface area (TPSA) is 62.5 Å². The molecule has 21 heavy (non-hydrogen) atoms. The summed E-state index contributed by atoms with van der Waals surface area (Å²) in [6.45, 7) is 1.14. The van der Waals surface area contributed by atoms with Crippen molar-refractivity contribution in [3.05, 3.63) is 46.0 Å². The number of nitrogens with zero attached hydrogens (tertiary/aromatic N) is 2. The van der Waals surface area contributed by atoms with Crippen molar-refractivity contribution < 1.29 is 14.3 Å². The van der Waals surface area contributed by atoms with Crippen LogP contribution in [0.2, 0.25) is 0 Å². The molecule has 0 aliphatic rings. The van der Waals surface area contributed by atoms with Crippen LogP contribution in [0.25, 0.3) is 10.9 Å². The molecule has 0 saturated heterocycles. The first-order valence-electron chi connectivity index (χ1n) is 6.57. The van der Waals surface area contributed by atoms with Crippen LogP contribution in [0.15, 0.2) is 29.1 Å². The first-order valence-corrected chi connectivity index (χ1v) is 6.57. The van der Waals surface area contributed by atoms with E-state index < -0.39 is 11.8 Å². The highest BCUT2D eigenvalue weighted by atomic mass is 19.1. The van der Waals surface area contributed by atoms with E-state index in [0.29, 0.717) is 29.7 Å². The van der Waals surface area contributed by atoms with E-state index in [1.807, 2.05) is 19.0 Å². The smallest absolute Gasteiger partial charge is 0.309 e. The Bertz CT molecular complexity index is 738. The fraction of sp³-hybridized carbons (Fsp3) is 0.333. The van der Waals surface area contributed by atoms with E-state index >= 15 is 0 Å². The summed E-state index contributed by atoms with van der Waals surface area (Å²) in [6.07, 6.45) is -0.269. The van der Waals surface area contributed by atoms with Crippen molar-refractivity contribution in [2.75, 3.05) is 20.6 Å². The van der Waals surface area contributed by atoms with Gasteiger partial charge >= 0.3 is 5.97 Å². The lowest BCUT2D eigenvalue weighted by Crippen LogP contribution is -2.23. The molecule has 0 unspecified atom stereocenters. The number of carboxylic acid groups (broad SMARTS) is 1. The molecule has 1 aromatic heterocycles. The van der Waals surface area contributed by atoms with Gasteiger partial charge in [0.05, 0.1) is 11.9 Å². The molecule has 0 radical (unpaired) electrons. The minimum Gasteiger partial charge on any atom is -0.481 e. The summed E-state index contributed by atoms with van der Waals surface area (Å²) < 4.78 is 15.2. The Hall–Kier alpha value is -2.21. The average Bonchev–Trinajstić information content (AvgIpc) is 2.36. The third-order valence-electron chi connectivity index (χ3n) is 3.26.